The van der Waals surface area contributed by atoms with Crippen LogP contribution in [0.4, 0.5) is 5.69 Å². The third-order valence-electron chi connectivity index (χ3n) is 3.49. The van der Waals surface area contributed by atoms with Crippen molar-refractivity contribution in [3.63, 3.8) is 0 Å². The van der Waals surface area contributed by atoms with Crippen LogP contribution in [0, 0.1) is 6.92 Å². The minimum atomic E-state index is 0.123. The molecular formula is C19H25NO2. The van der Waals surface area contributed by atoms with E-state index in [-0.39, 0.29) is 6.10 Å². The largest absolute Gasteiger partial charge is 0.492 e. The molecular weight excluding hydrogens is 274 g/mol. The second-order valence-electron chi connectivity index (χ2n) is 5.27. The van der Waals surface area contributed by atoms with Crippen molar-refractivity contribution in [3.05, 3.63) is 54.1 Å². The van der Waals surface area contributed by atoms with Crippen molar-refractivity contribution in [3.8, 4) is 11.5 Å². The van der Waals surface area contributed by atoms with E-state index in [4.69, 9.17) is 9.47 Å². The molecule has 0 aliphatic heterocycles. The smallest absolute Gasteiger partial charge is 0.142 e. The second kappa shape index (κ2) is 8.32. The number of aryl methyl sites for hydroxylation is 1. The molecule has 3 nitrogen and oxygen atoms in total. The van der Waals surface area contributed by atoms with Gasteiger partial charge in [-0.15, -0.1) is 0 Å². The van der Waals surface area contributed by atoms with E-state index < -0.39 is 0 Å². The maximum atomic E-state index is 6.04. The topological polar surface area (TPSA) is 30.5 Å². The monoisotopic (exact) mass is 299 g/mol. The summed E-state index contributed by atoms with van der Waals surface area (Å²) in [5.74, 6) is 1.80. The van der Waals surface area contributed by atoms with Crippen LogP contribution in [0.15, 0.2) is 48.5 Å². The lowest BCUT2D eigenvalue weighted by molar-refractivity contribution is 0.210. The zero-order valence-corrected chi connectivity index (χ0v) is 13.6. The van der Waals surface area contributed by atoms with Gasteiger partial charge < -0.3 is 14.8 Å². The van der Waals surface area contributed by atoms with Gasteiger partial charge in [0.25, 0.3) is 0 Å². The zero-order chi connectivity index (χ0) is 15.8. The Morgan fingerprint density at radius 1 is 1.00 bits per heavy atom. The molecule has 1 unspecified atom stereocenters. The molecule has 118 valence electrons. The summed E-state index contributed by atoms with van der Waals surface area (Å²) in [4.78, 5) is 0. The summed E-state index contributed by atoms with van der Waals surface area (Å²) in [6, 6.07) is 16.2. The Morgan fingerprint density at radius 2 is 1.73 bits per heavy atom. The van der Waals surface area contributed by atoms with Gasteiger partial charge in [-0.2, -0.15) is 0 Å². The summed E-state index contributed by atoms with van der Waals surface area (Å²) in [5.41, 5.74) is 2.25. The fraction of sp³-hybridized carbons (Fsp3) is 0.368. The van der Waals surface area contributed by atoms with Gasteiger partial charge >= 0.3 is 0 Å². The van der Waals surface area contributed by atoms with Crippen molar-refractivity contribution in [2.24, 2.45) is 0 Å². The Bertz CT molecular complexity index is 566. The molecule has 2 aromatic carbocycles. The molecule has 2 rings (SSSR count). The fourth-order valence-corrected chi connectivity index (χ4v) is 2.20. The Balaban J connectivity index is 1.95. The van der Waals surface area contributed by atoms with E-state index >= 15 is 0 Å². The highest BCUT2D eigenvalue weighted by molar-refractivity contribution is 5.56. The van der Waals surface area contributed by atoms with E-state index in [9.17, 15) is 0 Å². The molecule has 2 aromatic rings. The molecule has 0 aliphatic carbocycles. The quantitative estimate of drug-likeness (QED) is 0.768. The highest BCUT2D eigenvalue weighted by Crippen LogP contribution is 2.24. The van der Waals surface area contributed by atoms with E-state index in [0.29, 0.717) is 6.61 Å². The first kappa shape index (κ1) is 16.2. The van der Waals surface area contributed by atoms with Crippen molar-refractivity contribution in [1.29, 1.82) is 0 Å². The van der Waals surface area contributed by atoms with Crippen LogP contribution in [0.3, 0.4) is 0 Å². The highest BCUT2D eigenvalue weighted by Gasteiger charge is 2.10. The third kappa shape index (κ3) is 4.69. The fourth-order valence-electron chi connectivity index (χ4n) is 2.20. The van der Waals surface area contributed by atoms with E-state index in [1.807, 2.05) is 43.3 Å². The Labute approximate surface area is 133 Å². The number of rotatable bonds is 8. The van der Waals surface area contributed by atoms with Gasteiger partial charge in [0.1, 0.15) is 17.6 Å². The van der Waals surface area contributed by atoms with Gasteiger partial charge in [-0.05, 0) is 44.5 Å². The lowest BCUT2D eigenvalue weighted by atomic mass is 10.2. The van der Waals surface area contributed by atoms with Crippen LogP contribution in [0.25, 0.3) is 0 Å². The molecule has 22 heavy (non-hydrogen) atoms. The summed E-state index contributed by atoms with van der Waals surface area (Å²) < 4.78 is 11.7. The summed E-state index contributed by atoms with van der Waals surface area (Å²) in [6.45, 7) is 7.61. The summed E-state index contributed by atoms with van der Waals surface area (Å²) in [7, 11) is 0. The minimum absolute atomic E-state index is 0.123. The summed E-state index contributed by atoms with van der Waals surface area (Å²) >= 11 is 0. The molecule has 0 radical (unpaired) electrons. The van der Waals surface area contributed by atoms with Crippen molar-refractivity contribution in [1.82, 2.24) is 0 Å². The standard InChI is InChI=1S/C19H25NO2/c1-4-16(22-17-12-10-15(3)11-13-17)14-20-18-8-6-7-9-19(18)21-5-2/h6-13,16,20H,4-5,14H2,1-3H3. The molecule has 0 bridgehead atoms. The minimum Gasteiger partial charge on any atom is -0.492 e. The molecule has 1 atom stereocenters. The molecule has 0 heterocycles. The Kier molecular flexibility index (Phi) is 6.13. The molecule has 0 spiro atoms. The average Bonchev–Trinajstić information content (AvgIpc) is 2.55. The van der Waals surface area contributed by atoms with E-state index in [1.165, 1.54) is 5.56 Å². The molecule has 3 heteroatoms. The molecule has 0 aliphatic rings. The van der Waals surface area contributed by atoms with E-state index in [1.54, 1.807) is 0 Å². The Morgan fingerprint density at radius 3 is 2.41 bits per heavy atom. The number of hydrogen-bond acceptors (Lipinski definition) is 3. The highest BCUT2D eigenvalue weighted by atomic mass is 16.5. The maximum Gasteiger partial charge on any atom is 0.142 e. The zero-order valence-electron chi connectivity index (χ0n) is 13.6. The van der Waals surface area contributed by atoms with Crippen LogP contribution >= 0.6 is 0 Å². The molecule has 0 saturated carbocycles. The molecule has 0 amide bonds. The van der Waals surface area contributed by atoms with Gasteiger partial charge in [0.05, 0.1) is 18.8 Å². The molecule has 0 saturated heterocycles. The first-order chi connectivity index (χ1) is 10.7. The number of benzene rings is 2. The first-order valence-corrected chi connectivity index (χ1v) is 7.92. The van der Waals surface area contributed by atoms with Gasteiger partial charge in [-0.3, -0.25) is 0 Å². The average molecular weight is 299 g/mol. The predicted octanol–water partition coefficient (Wildman–Crippen LogP) is 4.66. The number of anilines is 1. The normalized spacial score (nSPS) is 11.8. The van der Waals surface area contributed by atoms with Crippen molar-refractivity contribution in [2.75, 3.05) is 18.5 Å². The van der Waals surface area contributed by atoms with Gasteiger partial charge in [0, 0.05) is 0 Å². The number of ether oxygens (including phenoxy) is 2. The van der Waals surface area contributed by atoms with Crippen molar-refractivity contribution < 1.29 is 9.47 Å². The molecule has 0 aromatic heterocycles. The van der Waals surface area contributed by atoms with Gasteiger partial charge in [-0.1, -0.05) is 36.8 Å². The predicted molar refractivity (Wildman–Crippen MR) is 92.0 cm³/mol. The van der Waals surface area contributed by atoms with Crippen LogP contribution in [0.5, 0.6) is 11.5 Å². The Hall–Kier alpha value is -2.16. The number of para-hydroxylation sites is 2. The molecule has 1 N–H and O–H groups in total. The van der Waals surface area contributed by atoms with Crippen LogP contribution in [0.1, 0.15) is 25.8 Å². The lowest BCUT2D eigenvalue weighted by Crippen LogP contribution is -2.25. The van der Waals surface area contributed by atoms with Crippen molar-refractivity contribution >= 4 is 5.69 Å². The maximum absolute atomic E-state index is 6.04. The lowest BCUT2D eigenvalue weighted by Gasteiger charge is -2.20. The molecule has 0 fully saturated rings. The van der Waals surface area contributed by atoms with Crippen LogP contribution in [0.2, 0.25) is 0 Å². The van der Waals surface area contributed by atoms with Crippen LogP contribution < -0.4 is 14.8 Å². The number of nitrogens with one attached hydrogen (secondary N) is 1. The number of hydrogen-bond donors (Lipinski definition) is 1. The SMILES string of the molecule is CCOc1ccccc1NCC(CC)Oc1ccc(C)cc1. The van der Waals surface area contributed by atoms with E-state index in [0.717, 1.165) is 30.2 Å². The van der Waals surface area contributed by atoms with Gasteiger partial charge in [0.15, 0.2) is 0 Å². The third-order valence-corrected chi connectivity index (χ3v) is 3.49. The van der Waals surface area contributed by atoms with Gasteiger partial charge in [0.2, 0.25) is 0 Å². The van der Waals surface area contributed by atoms with Crippen LogP contribution in [-0.2, 0) is 0 Å². The summed E-state index contributed by atoms with van der Waals surface area (Å²) in [6.07, 6.45) is 1.06. The first-order valence-electron chi connectivity index (χ1n) is 7.92. The summed E-state index contributed by atoms with van der Waals surface area (Å²) in [5, 5.41) is 3.43. The van der Waals surface area contributed by atoms with Gasteiger partial charge in [-0.25, -0.2) is 0 Å². The van der Waals surface area contributed by atoms with Crippen molar-refractivity contribution in [2.45, 2.75) is 33.3 Å². The van der Waals surface area contributed by atoms with Crippen LogP contribution in [-0.4, -0.2) is 19.3 Å². The second-order valence-corrected chi connectivity index (χ2v) is 5.27. The van der Waals surface area contributed by atoms with E-state index in [2.05, 4.69) is 31.3 Å².